The largest absolute Gasteiger partial charge is 0.466 e. The van der Waals surface area contributed by atoms with E-state index in [9.17, 15) is 9.59 Å². The van der Waals surface area contributed by atoms with Crippen LogP contribution in [0.15, 0.2) is 30.3 Å². The van der Waals surface area contributed by atoms with Crippen molar-refractivity contribution in [2.24, 2.45) is 0 Å². The van der Waals surface area contributed by atoms with E-state index >= 15 is 0 Å². The van der Waals surface area contributed by atoms with E-state index in [2.05, 4.69) is 0 Å². The van der Waals surface area contributed by atoms with E-state index in [1.807, 2.05) is 24.3 Å². The van der Waals surface area contributed by atoms with Gasteiger partial charge in [-0.15, -0.1) is 11.6 Å². The standard InChI is InChI=1S/C15H17ClO3/c1-2-19-15(18)10-9-14(17)13-7-5-12(6-8-13)4-3-11-16/h3-8H,2,9-11H2,1H3. The van der Waals surface area contributed by atoms with Gasteiger partial charge in [-0.25, -0.2) is 0 Å². The van der Waals surface area contributed by atoms with Gasteiger partial charge in [-0.1, -0.05) is 36.4 Å². The minimum atomic E-state index is -0.336. The van der Waals surface area contributed by atoms with E-state index in [1.54, 1.807) is 19.1 Å². The summed E-state index contributed by atoms with van der Waals surface area (Å²) in [6.45, 7) is 2.08. The molecule has 19 heavy (non-hydrogen) atoms. The second-order valence-electron chi connectivity index (χ2n) is 3.91. The van der Waals surface area contributed by atoms with Gasteiger partial charge in [0.25, 0.3) is 0 Å². The van der Waals surface area contributed by atoms with Crippen molar-refractivity contribution in [2.75, 3.05) is 12.5 Å². The summed E-state index contributed by atoms with van der Waals surface area (Å²) < 4.78 is 4.78. The van der Waals surface area contributed by atoms with Gasteiger partial charge in [0.2, 0.25) is 0 Å². The predicted octanol–water partition coefficient (Wildman–Crippen LogP) is 3.46. The van der Waals surface area contributed by atoms with Crippen LogP contribution >= 0.6 is 11.6 Å². The number of esters is 1. The summed E-state index contributed by atoms with van der Waals surface area (Å²) in [5, 5.41) is 0. The second kappa shape index (κ2) is 8.48. The third-order valence-electron chi connectivity index (χ3n) is 2.49. The molecule has 3 nitrogen and oxygen atoms in total. The number of rotatable bonds is 7. The molecule has 0 heterocycles. The molecular weight excluding hydrogens is 264 g/mol. The number of ether oxygens (including phenoxy) is 1. The molecule has 0 atom stereocenters. The lowest BCUT2D eigenvalue weighted by Gasteiger charge is -2.02. The Balaban J connectivity index is 2.53. The maximum atomic E-state index is 11.8. The quantitative estimate of drug-likeness (QED) is 0.436. The van der Waals surface area contributed by atoms with Crippen LogP contribution in [0.4, 0.5) is 0 Å². The number of hydrogen-bond donors (Lipinski definition) is 0. The Hall–Kier alpha value is -1.61. The summed E-state index contributed by atoms with van der Waals surface area (Å²) in [4.78, 5) is 23.0. The van der Waals surface area contributed by atoms with Crippen LogP contribution in [0.2, 0.25) is 0 Å². The predicted molar refractivity (Wildman–Crippen MR) is 76.4 cm³/mol. The molecule has 0 aromatic heterocycles. The lowest BCUT2D eigenvalue weighted by molar-refractivity contribution is -0.143. The smallest absolute Gasteiger partial charge is 0.306 e. The molecule has 0 fully saturated rings. The van der Waals surface area contributed by atoms with Gasteiger partial charge in [0.15, 0.2) is 5.78 Å². The topological polar surface area (TPSA) is 43.4 Å². The first-order valence-corrected chi connectivity index (χ1v) is 6.72. The molecule has 1 aromatic rings. The average molecular weight is 281 g/mol. The molecule has 0 bridgehead atoms. The van der Waals surface area contributed by atoms with Crippen LogP contribution in [0.3, 0.4) is 0 Å². The zero-order chi connectivity index (χ0) is 14.1. The van der Waals surface area contributed by atoms with Gasteiger partial charge in [0.1, 0.15) is 0 Å². The fourth-order valence-electron chi connectivity index (χ4n) is 1.55. The van der Waals surface area contributed by atoms with Crippen molar-refractivity contribution in [1.29, 1.82) is 0 Å². The molecule has 0 amide bonds. The lowest BCUT2D eigenvalue weighted by Crippen LogP contribution is -2.07. The number of halogens is 1. The van der Waals surface area contributed by atoms with Gasteiger partial charge in [-0.2, -0.15) is 0 Å². The molecule has 1 rings (SSSR count). The first-order valence-electron chi connectivity index (χ1n) is 6.18. The highest BCUT2D eigenvalue weighted by atomic mass is 35.5. The van der Waals surface area contributed by atoms with Crippen LogP contribution in [-0.4, -0.2) is 24.2 Å². The number of alkyl halides is 1. The van der Waals surface area contributed by atoms with Gasteiger partial charge >= 0.3 is 5.97 Å². The average Bonchev–Trinajstić information content (AvgIpc) is 2.43. The third-order valence-corrected chi connectivity index (χ3v) is 2.67. The van der Waals surface area contributed by atoms with Crippen molar-refractivity contribution >= 4 is 29.4 Å². The number of benzene rings is 1. The molecule has 0 aliphatic rings. The highest BCUT2D eigenvalue weighted by molar-refractivity contribution is 6.19. The van der Waals surface area contributed by atoms with Gasteiger partial charge in [0, 0.05) is 17.9 Å². The number of ketones is 1. The Kier molecular flexibility index (Phi) is 6.90. The summed E-state index contributed by atoms with van der Waals surface area (Å²) in [6, 6.07) is 7.20. The fourth-order valence-corrected chi connectivity index (χ4v) is 1.64. The molecule has 0 aliphatic heterocycles. The summed E-state index contributed by atoms with van der Waals surface area (Å²) in [7, 11) is 0. The van der Waals surface area contributed by atoms with Crippen LogP contribution < -0.4 is 0 Å². The highest BCUT2D eigenvalue weighted by Crippen LogP contribution is 2.10. The molecule has 102 valence electrons. The number of carbonyl (C=O) groups is 2. The Morgan fingerprint density at radius 1 is 1.21 bits per heavy atom. The molecule has 0 saturated heterocycles. The van der Waals surface area contributed by atoms with Crippen molar-refractivity contribution in [3.8, 4) is 0 Å². The maximum Gasteiger partial charge on any atom is 0.306 e. The zero-order valence-corrected chi connectivity index (χ0v) is 11.7. The molecule has 0 saturated carbocycles. The van der Waals surface area contributed by atoms with E-state index < -0.39 is 0 Å². The Morgan fingerprint density at radius 2 is 1.89 bits per heavy atom. The van der Waals surface area contributed by atoms with Crippen molar-refractivity contribution in [1.82, 2.24) is 0 Å². The van der Waals surface area contributed by atoms with Gasteiger partial charge in [0.05, 0.1) is 13.0 Å². The van der Waals surface area contributed by atoms with E-state index in [0.29, 0.717) is 18.1 Å². The van der Waals surface area contributed by atoms with Crippen molar-refractivity contribution < 1.29 is 14.3 Å². The molecule has 4 heteroatoms. The van der Waals surface area contributed by atoms with Crippen LogP contribution in [0.5, 0.6) is 0 Å². The SMILES string of the molecule is CCOC(=O)CCC(=O)c1ccc(C=CCCl)cc1. The molecule has 0 aliphatic carbocycles. The first kappa shape index (κ1) is 15.4. The van der Waals surface area contributed by atoms with Gasteiger partial charge in [-0.3, -0.25) is 9.59 Å². The minimum absolute atomic E-state index is 0.0547. The number of Topliss-reactive ketones (excluding diaryl/α,β-unsaturated/α-hetero) is 1. The summed E-state index contributed by atoms with van der Waals surface area (Å²) in [5.74, 6) is 0.0682. The van der Waals surface area contributed by atoms with Crippen LogP contribution in [0.25, 0.3) is 6.08 Å². The normalized spacial score (nSPS) is 10.6. The Labute approximate surface area is 118 Å². The minimum Gasteiger partial charge on any atom is -0.466 e. The summed E-state index contributed by atoms with van der Waals surface area (Å²) >= 11 is 5.55. The molecule has 0 unspecified atom stereocenters. The first-order chi connectivity index (χ1) is 9.17. The molecular formula is C15H17ClO3. The van der Waals surface area contributed by atoms with Crippen LogP contribution in [0, 0.1) is 0 Å². The van der Waals surface area contributed by atoms with Crippen LogP contribution in [-0.2, 0) is 9.53 Å². The third kappa shape index (κ3) is 5.71. The highest BCUT2D eigenvalue weighted by Gasteiger charge is 2.09. The Morgan fingerprint density at radius 3 is 2.47 bits per heavy atom. The van der Waals surface area contributed by atoms with E-state index in [4.69, 9.17) is 16.3 Å². The second-order valence-corrected chi connectivity index (χ2v) is 4.22. The van der Waals surface area contributed by atoms with Gasteiger partial charge < -0.3 is 4.74 Å². The van der Waals surface area contributed by atoms with E-state index in [1.165, 1.54) is 0 Å². The Bertz CT molecular complexity index is 449. The molecule has 0 spiro atoms. The zero-order valence-electron chi connectivity index (χ0n) is 10.9. The van der Waals surface area contributed by atoms with Crippen LogP contribution in [0.1, 0.15) is 35.7 Å². The van der Waals surface area contributed by atoms with E-state index in [-0.39, 0.29) is 24.6 Å². The van der Waals surface area contributed by atoms with Gasteiger partial charge in [-0.05, 0) is 12.5 Å². The molecule has 0 radical (unpaired) electrons. The lowest BCUT2D eigenvalue weighted by atomic mass is 10.0. The maximum absolute atomic E-state index is 11.8. The summed E-state index contributed by atoms with van der Waals surface area (Å²) in [5.41, 5.74) is 1.59. The molecule has 1 aromatic carbocycles. The van der Waals surface area contributed by atoms with Crippen molar-refractivity contribution in [3.63, 3.8) is 0 Å². The monoisotopic (exact) mass is 280 g/mol. The van der Waals surface area contributed by atoms with E-state index in [0.717, 1.165) is 5.56 Å². The number of hydrogen-bond acceptors (Lipinski definition) is 3. The number of carbonyl (C=O) groups excluding carboxylic acids is 2. The summed E-state index contributed by atoms with van der Waals surface area (Å²) in [6.07, 6.45) is 4.02. The fraction of sp³-hybridized carbons (Fsp3) is 0.333. The molecule has 0 N–H and O–H groups in total. The van der Waals surface area contributed by atoms with Crippen molar-refractivity contribution in [2.45, 2.75) is 19.8 Å². The number of allylic oxidation sites excluding steroid dienone is 1. The van der Waals surface area contributed by atoms with Crippen molar-refractivity contribution in [3.05, 3.63) is 41.5 Å².